The summed E-state index contributed by atoms with van der Waals surface area (Å²) in [6, 6.07) is 0. The van der Waals surface area contributed by atoms with Gasteiger partial charge in [0.2, 0.25) is 0 Å². The summed E-state index contributed by atoms with van der Waals surface area (Å²) in [5.41, 5.74) is 0. The Balaban J connectivity index is 2.40. The van der Waals surface area contributed by atoms with E-state index in [2.05, 4.69) is 13.8 Å². The maximum atomic E-state index is 12.2. The van der Waals surface area contributed by atoms with Crippen molar-refractivity contribution in [1.29, 1.82) is 0 Å². The van der Waals surface area contributed by atoms with Crippen LogP contribution in [0.5, 0.6) is 0 Å². The molecule has 0 radical (unpaired) electrons. The molecular formula is C14H26F3NO. The fraction of sp³-hybridized carbons (Fsp3) is 1.00. The highest BCUT2D eigenvalue weighted by Crippen LogP contribution is 2.34. The molecule has 1 aliphatic rings. The first kappa shape index (κ1) is 16.8. The average molecular weight is 281 g/mol. The summed E-state index contributed by atoms with van der Waals surface area (Å²) < 4.78 is 36.5. The molecule has 0 aromatic heterocycles. The molecule has 0 saturated heterocycles. The molecule has 0 heterocycles. The first-order valence-corrected chi connectivity index (χ1v) is 7.12. The molecule has 1 rings (SSSR count). The normalized spacial score (nSPS) is 29.2. The quantitative estimate of drug-likeness (QED) is 0.835. The Morgan fingerprint density at radius 1 is 1.26 bits per heavy atom. The molecule has 0 amide bonds. The van der Waals surface area contributed by atoms with E-state index < -0.39 is 12.6 Å². The molecule has 0 spiro atoms. The molecule has 5 heteroatoms. The van der Waals surface area contributed by atoms with Gasteiger partial charge in [0, 0.05) is 13.1 Å². The number of aliphatic hydroxyl groups is 1. The second-order valence-electron chi connectivity index (χ2n) is 6.27. The highest BCUT2D eigenvalue weighted by Gasteiger charge is 2.32. The number of hydrogen-bond acceptors (Lipinski definition) is 2. The van der Waals surface area contributed by atoms with E-state index in [0.717, 1.165) is 19.3 Å². The standard InChI is InChI=1S/C14H26F3NO/c1-10(2)11-4-5-13(19)12(8-11)9-18(3)7-6-14(15,16)17/h10-13,19H,4-9H2,1-3H3. The van der Waals surface area contributed by atoms with E-state index >= 15 is 0 Å². The van der Waals surface area contributed by atoms with Gasteiger partial charge in [0.05, 0.1) is 12.5 Å². The number of hydrogen-bond donors (Lipinski definition) is 1. The van der Waals surface area contributed by atoms with Crippen molar-refractivity contribution in [2.24, 2.45) is 17.8 Å². The summed E-state index contributed by atoms with van der Waals surface area (Å²) in [7, 11) is 1.71. The molecule has 3 atom stereocenters. The van der Waals surface area contributed by atoms with Crippen LogP contribution in [0.4, 0.5) is 13.2 Å². The topological polar surface area (TPSA) is 23.5 Å². The molecule has 19 heavy (non-hydrogen) atoms. The minimum atomic E-state index is -4.10. The fourth-order valence-electron chi connectivity index (χ4n) is 2.90. The van der Waals surface area contributed by atoms with Gasteiger partial charge >= 0.3 is 6.18 Å². The molecule has 0 aromatic carbocycles. The van der Waals surface area contributed by atoms with Gasteiger partial charge in [0.25, 0.3) is 0 Å². The third-order valence-electron chi connectivity index (χ3n) is 4.25. The molecule has 0 aromatic rings. The molecule has 114 valence electrons. The lowest BCUT2D eigenvalue weighted by Gasteiger charge is -2.37. The summed E-state index contributed by atoms with van der Waals surface area (Å²) in [6.07, 6.45) is -2.50. The van der Waals surface area contributed by atoms with Crippen LogP contribution in [-0.2, 0) is 0 Å². The van der Waals surface area contributed by atoms with Crippen molar-refractivity contribution < 1.29 is 18.3 Å². The molecule has 0 bridgehead atoms. The zero-order chi connectivity index (χ0) is 14.6. The SMILES string of the molecule is CC(C)C1CCC(O)C(CN(C)CCC(F)(F)F)C1. The van der Waals surface area contributed by atoms with Crippen LogP contribution in [0.25, 0.3) is 0 Å². The zero-order valence-corrected chi connectivity index (χ0v) is 12.1. The highest BCUT2D eigenvalue weighted by molar-refractivity contribution is 4.82. The lowest BCUT2D eigenvalue weighted by Crippen LogP contribution is -2.39. The van der Waals surface area contributed by atoms with Gasteiger partial charge < -0.3 is 10.0 Å². The molecule has 2 nitrogen and oxygen atoms in total. The van der Waals surface area contributed by atoms with Gasteiger partial charge in [-0.2, -0.15) is 13.2 Å². The summed E-state index contributed by atoms with van der Waals surface area (Å²) in [5, 5.41) is 10.00. The van der Waals surface area contributed by atoms with E-state index in [9.17, 15) is 18.3 Å². The number of halogens is 3. The molecule has 1 N–H and O–H groups in total. The van der Waals surface area contributed by atoms with Crippen LogP contribution in [0.2, 0.25) is 0 Å². The van der Waals surface area contributed by atoms with Gasteiger partial charge in [-0.25, -0.2) is 0 Å². The Morgan fingerprint density at radius 2 is 1.89 bits per heavy atom. The van der Waals surface area contributed by atoms with E-state index in [1.54, 1.807) is 11.9 Å². The number of alkyl halides is 3. The summed E-state index contributed by atoms with van der Waals surface area (Å²) >= 11 is 0. The summed E-state index contributed by atoms with van der Waals surface area (Å²) in [5.74, 6) is 1.28. The highest BCUT2D eigenvalue weighted by atomic mass is 19.4. The van der Waals surface area contributed by atoms with Crippen LogP contribution in [0.3, 0.4) is 0 Å². The minimum Gasteiger partial charge on any atom is -0.393 e. The summed E-state index contributed by atoms with van der Waals surface area (Å²) in [6.45, 7) is 4.92. The van der Waals surface area contributed by atoms with E-state index in [1.807, 2.05) is 0 Å². The van der Waals surface area contributed by atoms with Crippen LogP contribution in [0.1, 0.15) is 39.5 Å². The third-order valence-corrected chi connectivity index (χ3v) is 4.25. The van der Waals surface area contributed by atoms with Crippen LogP contribution < -0.4 is 0 Å². The Morgan fingerprint density at radius 3 is 2.42 bits per heavy atom. The van der Waals surface area contributed by atoms with Gasteiger partial charge in [-0.15, -0.1) is 0 Å². The first-order chi connectivity index (χ1) is 8.69. The van der Waals surface area contributed by atoms with Gasteiger partial charge in [0.1, 0.15) is 0 Å². The second kappa shape index (κ2) is 6.93. The van der Waals surface area contributed by atoms with Crippen molar-refractivity contribution in [2.75, 3.05) is 20.1 Å². The third kappa shape index (κ3) is 6.13. The van der Waals surface area contributed by atoms with Gasteiger partial charge in [0.15, 0.2) is 0 Å². The maximum Gasteiger partial charge on any atom is 0.390 e. The number of nitrogens with zero attached hydrogens (tertiary/aromatic N) is 1. The van der Waals surface area contributed by atoms with E-state index in [-0.39, 0.29) is 18.6 Å². The van der Waals surface area contributed by atoms with E-state index in [0.29, 0.717) is 18.4 Å². The fourth-order valence-corrected chi connectivity index (χ4v) is 2.90. The average Bonchev–Trinajstić information content (AvgIpc) is 2.28. The smallest absolute Gasteiger partial charge is 0.390 e. The molecule has 3 unspecified atom stereocenters. The Kier molecular flexibility index (Phi) is 6.12. The van der Waals surface area contributed by atoms with Crippen molar-refractivity contribution in [3.05, 3.63) is 0 Å². The lowest BCUT2D eigenvalue weighted by molar-refractivity contribution is -0.138. The summed E-state index contributed by atoms with van der Waals surface area (Å²) in [4.78, 5) is 1.70. The minimum absolute atomic E-state index is 0.0130. The van der Waals surface area contributed by atoms with Crippen molar-refractivity contribution in [3.8, 4) is 0 Å². The van der Waals surface area contributed by atoms with Crippen molar-refractivity contribution in [3.63, 3.8) is 0 Å². The maximum absolute atomic E-state index is 12.2. The van der Waals surface area contributed by atoms with Gasteiger partial charge in [-0.05, 0) is 44.1 Å². The zero-order valence-electron chi connectivity index (χ0n) is 12.1. The van der Waals surface area contributed by atoms with Gasteiger partial charge in [-0.1, -0.05) is 13.8 Å². The van der Waals surface area contributed by atoms with Gasteiger partial charge in [-0.3, -0.25) is 0 Å². The number of rotatable bonds is 5. The largest absolute Gasteiger partial charge is 0.393 e. The molecule has 0 aliphatic heterocycles. The van der Waals surface area contributed by atoms with Crippen molar-refractivity contribution in [2.45, 2.75) is 51.8 Å². The Hall–Kier alpha value is -0.290. The van der Waals surface area contributed by atoms with Crippen LogP contribution in [-0.4, -0.2) is 42.4 Å². The van der Waals surface area contributed by atoms with Crippen molar-refractivity contribution in [1.82, 2.24) is 4.90 Å². The van der Waals surface area contributed by atoms with E-state index in [4.69, 9.17) is 0 Å². The number of aliphatic hydroxyl groups excluding tert-OH is 1. The lowest BCUT2D eigenvalue weighted by atomic mass is 9.74. The molecule has 1 aliphatic carbocycles. The second-order valence-corrected chi connectivity index (χ2v) is 6.27. The van der Waals surface area contributed by atoms with Crippen LogP contribution in [0, 0.1) is 17.8 Å². The van der Waals surface area contributed by atoms with E-state index in [1.165, 1.54) is 0 Å². The molecule has 1 saturated carbocycles. The predicted molar refractivity (Wildman–Crippen MR) is 69.8 cm³/mol. The monoisotopic (exact) mass is 281 g/mol. The van der Waals surface area contributed by atoms with Crippen LogP contribution >= 0.6 is 0 Å². The predicted octanol–water partition coefficient (Wildman–Crippen LogP) is 3.30. The molecule has 1 fully saturated rings. The Bertz CT molecular complexity index is 268. The van der Waals surface area contributed by atoms with Crippen molar-refractivity contribution >= 4 is 0 Å². The first-order valence-electron chi connectivity index (χ1n) is 7.12. The van der Waals surface area contributed by atoms with Crippen LogP contribution in [0.15, 0.2) is 0 Å². The Labute approximate surface area is 114 Å². The molecular weight excluding hydrogens is 255 g/mol.